The van der Waals surface area contributed by atoms with Crippen LogP contribution < -0.4 is 0 Å². The zero-order valence-corrected chi connectivity index (χ0v) is 13.2. The van der Waals surface area contributed by atoms with Crippen LogP contribution in [0, 0.1) is 0 Å². The summed E-state index contributed by atoms with van der Waals surface area (Å²) in [4.78, 5) is 29.1. The maximum absolute atomic E-state index is 13.1. The van der Waals surface area contributed by atoms with E-state index in [0.29, 0.717) is 31.7 Å². The van der Waals surface area contributed by atoms with Crippen molar-refractivity contribution in [1.82, 2.24) is 20.0 Å². The fourth-order valence-corrected chi connectivity index (χ4v) is 4.46. The summed E-state index contributed by atoms with van der Waals surface area (Å²) in [5.74, 6) is -0.0396. The Balaban J connectivity index is 1.52. The van der Waals surface area contributed by atoms with Gasteiger partial charge in [0.2, 0.25) is 5.91 Å². The van der Waals surface area contributed by atoms with Crippen molar-refractivity contribution in [2.45, 2.75) is 31.0 Å². The predicted octanol–water partition coefficient (Wildman–Crippen LogP) is 1.13. The molecule has 1 aromatic carbocycles. The van der Waals surface area contributed by atoms with Gasteiger partial charge in [-0.05, 0) is 12.5 Å². The third kappa shape index (κ3) is 1.67. The molecule has 24 heavy (non-hydrogen) atoms. The molecule has 1 N–H and O–H groups in total. The molecule has 2 amide bonds. The topological polar surface area (TPSA) is 78.5 Å². The average molecular weight is 326 g/mol. The number of aromatic amines is 1. The lowest BCUT2D eigenvalue weighted by Gasteiger charge is -2.42. The van der Waals surface area contributed by atoms with Gasteiger partial charge < -0.3 is 14.5 Å². The number of rotatable bonds is 1. The molecule has 0 saturated carbocycles. The lowest BCUT2D eigenvalue weighted by atomic mass is 10.0. The van der Waals surface area contributed by atoms with Gasteiger partial charge in [-0.2, -0.15) is 5.10 Å². The van der Waals surface area contributed by atoms with Gasteiger partial charge in [0.15, 0.2) is 11.4 Å². The van der Waals surface area contributed by atoms with Crippen LogP contribution in [-0.2, 0) is 9.53 Å². The zero-order valence-electron chi connectivity index (χ0n) is 13.2. The van der Waals surface area contributed by atoms with E-state index in [4.69, 9.17) is 4.74 Å². The number of carbonyl (C=O) groups excluding carboxylic acids is 2. The summed E-state index contributed by atoms with van der Waals surface area (Å²) in [6.07, 6.45) is 1.88. The fourth-order valence-electron chi connectivity index (χ4n) is 4.46. The van der Waals surface area contributed by atoms with E-state index in [9.17, 15) is 9.59 Å². The summed E-state index contributed by atoms with van der Waals surface area (Å²) < 4.78 is 6.05. The van der Waals surface area contributed by atoms with E-state index in [1.807, 2.05) is 29.2 Å². The maximum Gasteiger partial charge on any atom is 0.275 e. The first-order valence-corrected chi connectivity index (χ1v) is 8.39. The van der Waals surface area contributed by atoms with E-state index in [2.05, 4.69) is 10.2 Å². The lowest BCUT2D eigenvalue weighted by molar-refractivity contribution is -0.179. The number of carbonyl (C=O) groups is 2. The Morgan fingerprint density at radius 2 is 2.21 bits per heavy atom. The van der Waals surface area contributed by atoms with Gasteiger partial charge in [-0.25, -0.2) is 0 Å². The molecule has 1 aromatic heterocycles. The Morgan fingerprint density at radius 3 is 3.12 bits per heavy atom. The van der Waals surface area contributed by atoms with Crippen LogP contribution in [0.2, 0.25) is 0 Å². The number of hydrogen-bond donors (Lipinski definition) is 1. The van der Waals surface area contributed by atoms with Crippen molar-refractivity contribution in [2.24, 2.45) is 0 Å². The van der Waals surface area contributed by atoms with Crippen LogP contribution in [0.25, 0.3) is 10.9 Å². The van der Waals surface area contributed by atoms with Crippen molar-refractivity contribution < 1.29 is 14.3 Å². The highest BCUT2D eigenvalue weighted by atomic mass is 16.5. The van der Waals surface area contributed by atoms with Gasteiger partial charge in [0.1, 0.15) is 0 Å². The number of amides is 2. The molecular weight excluding hydrogens is 308 g/mol. The number of nitrogens with one attached hydrogen (secondary N) is 1. The summed E-state index contributed by atoms with van der Waals surface area (Å²) in [6.45, 7) is 1.96. The number of hydrogen-bond acceptors (Lipinski definition) is 4. The van der Waals surface area contributed by atoms with E-state index in [1.54, 1.807) is 4.90 Å². The van der Waals surface area contributed by atoms with E-state index in [1.165, 1.54) is 0 Å². The van der Waals surface area contributed by atoms with Gasteiger partial charge in [0.05, 0.1) is 24.6 Å². The Morgan fingerprint density at radius 1 is 1.33 bits per heavy atom. The molecule has 0 radical (unpaired) electrons. The largest absolute Gasteiger partial charge is 0.353 e. The highest BCUT2D eigenvalue weighted by molar-refractivity contribution is 6.05. The smallest absolute Gasteiger partial charge is 0.275 e. The van der Waals surface area contributed by atoms with Crippen molar-refractivity contribution >= 4 is 22.7 Å². The van der Waals surface area contributed by atoms with Crippen molar-refractivity contribution in [1.29, 1.82) is 0 Å². The Bertz CT molecular complexity index is 847. The first-order valence-electron chi connectivity index (χ1n) is 8.39. The first-order chi connectivity index (χ1) is 11.7. The normalized spacial score (nSPS) is 29.2. The van der Waals surface area contributed by atoms with Gasteiger partial charge >= 0.3 is 0 Å². The third-order valence-electron chi connectivity index (χ3n) is 5.55. The Labute approximate surface area is 138 Å². The SMILES string of the molecule is O=C(c1n[nH]c2ccccc12)N1CC[C@@]23OCCCN2C(=O)C[C@@H]13. The molecule has 3 saturated heterocycles. The summed E-state index contributed by atoms with van der Waals surface area (Å²) in [7, 11) is 0. The van der Waals surface area contributed by atoms with Crippen molar-refractivity contribution in [3.05, 3.63) is 30.0 Å². The number of H-pyrrole nitrogens is 1. The minimum absolute atomic E-state index is 0.0871. The van der Waals surface area contributed by atoms with Crippen molar-refractivity contribution in [3.63, 3.8) is 0 Å². The summed E-state index contributed by atoms with van der Waals surface area (Å²) in [6, 6.07) is 7.37. The van der Waals surface area contributed by atoms with Gasteiger partial charge in [0, 0.05) is 24.9 Å². The second-order valence-electron chi connectivity index (χ2n) is 6.68. The predicted molar refractivity (Wildman–Crippen MR) is 85.2 cm³/mol. The number of nitrogens with zero attached hydrogens (tertiary/aromatic N) is 3. The number of ether oxygens (including phenoxy) is 1. The summed E-state index contributed by atoms with van der Waals surface area (Å²) in [5, 5.41) is 7.94. The number of aromatic nitrogens is 2. The van der Waals surface area contributed by atoms with Crippen LogP contribution in [0.5, 0.6) is 0 Å². The molecule has 7 heteroatoms. The molecular formula is C17H18N4O3. The molecule has 3 fully saturated rings. The van der Waals surface area contributed by atoms with Crippen LogP contribution in [0.4, 0.5) is 0 Å². The molecule has 1 spiro atoms. The standard InChI is InChI=1S/C17H18N4O3/c22-14-10-13-17(21(14)7-3-9-24-17)6-8-20(13)16(23)15-11-4-1-2-5-12(11)18-19-15/h1-2,4-5,13H,3,6-10H2,(H,18,19)/t13-,17+/m1/s1. The average Bonchev–Trinajstić information content (AvgIpc) is 3.25. The van der Waals surface area contributed by atoms with Gasteiger partial charge in [-0.3, -0.25) is 14.7 Å². The van der Waals surface area contributed by atoms with Crippen LogP contribution in [-0.4, -0.2) is 63.3 Å². The molecule has 3 aliphatic heterocycles. The maximum atomic E-state index is 13.1. The minimum atomic E-state index is -0.614. The van der Waals surface area contributed by atoms with E-state index in [-0.39, 0.29) is 17.9 Å². The number of fused-ring (bicyclic) bond motifs is 1. The molecule has 0 unspecified atom stereocenters. The molecule has 2 aromatic rings. The zero-order chi connectivity index (χ0) is 16.3. The van der Waals surface area contributed by atoms with Gasteiger partial charge in [0.25, 0.3) is 5.91 Å². The third-order valence-corrected chi connectivity index (χ3v) is 5.55. The Hall–Kier alpha value is -2.41. The minimum Gasteiger partial charge on any atom is -0.353 e. The second kappa shape index (κ2) is 4.80. The molecule has 7 nitrogen and oxygen atoms in total. The van der Waals surface area contributed by atoms with Crippen LogP contribution in [0.3, 0.4) is 0 Å². The number of likely N-dealkylation sites (tertiary alicyclic amines) is 1. The highest BCUT2D eigenvalue weighted by Crippen LogP contribution is 2.45. The fraction of sp³-hybridized carbons (Fsp3) is 0.471. The summed E-state index contributed by atoms with van der Waals surface area (Å²) >= 11 is 0. The number of para-hydroxylation sites is 1. The van der Waals surface area contributed by atoms with Gasteiger partial charge in [-0.15, -0.1) is 0 Å². The first kappa shape index (κ1) is 14.0. The summed E-state index contributed by atoms with van der Waals surface area (Å²) in [5.41, 5.74) is 0.647. The molecule has 4 heterocycles. The van der Waals surface area contributed by atoms with Crippen LogP contribution in [0.1, 0.15) is 29.8 Å². The van der Waals surface area contributed by atoms with Crippen LogP contribution >= 0.6 is 0 Å². The quantitative estimate of drug-likeness (QED) is 0.852. The Kier molecular flexibility index (Phi) is 2.79. The number of benzene rings is 1. The van der Waals surface area contributed by atoms with Crippen LogP contribution in [0.15, 0.2) is 24.3 Å². The van der Waals surface area contributed by atoms with Crippen molar-refractivity contribution in [2.75, 3.05) is 19.7 Å². The second-order valence-corrected chi connectivity index (χ2v) is 6.68. The van der Waals surface area contributed by atoms with E-state index in [0.717, 1.165) is 23.9 Å². The van der Waals surface area contributed by atoms with Crippen molar-refractivity contribution in [3.8, 4) is 0 Å². The lowest BCUT2D eigenvalue weighted by Crippen LogP contribution is -2.56. The molecule has 0 aliphatic carbocycles. The molecule has 3 aliphatic rings. The monoisotopic (exact) mass is 326 g/mol. The van der Waals surface area contributed by atoms with E-state index >= 15 is 0 Å². The van der Waals surface area contributed by atoms with Gasteiger partial charge in [-0.1, -0.05) is 18.2 Å². The van der Waals surface area contributed by atoms with E-state index < -0.39 is 5.72 Å². The molecule has 124 valence electrons. The molecule has 5 rings (SSSR count). The molecule has 0 bridgehead atoms. The highest BCUT2D eigenvalue weighted by Gasteiger charge is 2.61. The molecule has 2 atom stereocenters.